The molecule has 0 saturated heterocycles. The molecule has 1 heteroatoms. The maximum atomic E-state index is 4.12. The van der Waals surface area contributed by atoms with Crippen molar-refractivity contribution in [2.75, 3.05) is 0 Å². The van der Waals surface area contributed by atoms with Crippen LogP contribution in [0.1, 0.15) is 55.7 Å². The van der Waals surface area contributed by atoms with Crippen LogP contribution in [0, 0.1) is 23.7 Å². The van der Waals surface area contributed by atoms with Crippen molar-refractivity contribution in [3.63, 3.8) is 0 Å². The molecule has 20 heavy (non-hydrogen) atoms. The van der Waals surface area contributed by atoms with Crippen LogP contribution < -0.4 is 5.32 Å². The van der Waals surface area contributed by atoms with Gasteiger partial charge in [0.2, 0.25) is 0 Å². The second-order valence-corrected chi connectivity index (χ2v) is 7.91. The van der Waals surface area contributed by atoms with Crippen molar-refractivity contribution in [3.05, 3.63) is 35.4 Å². The van der Waals surface area contributed by atoms with Gasteiger partial charge in [-0.2, -0.15) is 0 Å². The molecule has 0 aliphatic heterocycles. The molecule has 4 saturated carbocycles. The van der Waals surface area contributed by atoms with Crippen LogP contribution in [0.2, 0.25) is 0 Å². The summed E-state index contributed by atoms with van der Waals surface area (Å²) in [6, 6.07) is 10.6. The van der Waals surface area contributed by atoms with Gasteiger partial charge in [-0.25, -0.2) is 0 Å². The smallest absolute Gasteiger partial charge is 0.0328 e. The molecule has 1 nitrogen and oxygen atoms in total. The fourth-order valence-electron chi connectivity index (χ4n) is 6.16. The minimum Gasteiger partial charge on any atom is -0.307 e. The van der Waals surface area contributed by atoms with Gasteiger partial charge in [-0.3, -0.25) is 0 Å². The summed E-state index contributed by atoms with van der Waals surface area (Å²) in [5.74, 6) is 4.18. The number of fused-ring (bicyclic) bond motifs is 1. The first-order valence-electron chi connectivity index (χ1n) is 8.70. The lowest BCUT2D eigenvalue weighted by molar-refractivity contribution is -0.0177. The van der Waals surface area contributed by atoms with Crippen LogP contribution in [0.25, 0.3) is 0 Å². The van der Waals surface area contributed by atoms with Crippen molar-refractivity contribution in [2.24, 2.45) is 23.7 Å². The number of nitrogens with one attached hydrogen (secondary N) is 1. The van der Waals surface area contributed by atoms with E-state index in [4.69, 9.17) is 0 Å². The average Bonchev–Trinajstić information content (AvgIpc) is 2.85. The Bertz CT molecular complexity index is 492. The van der Waals surface area contributed by atoms with Gasteiger partial charge < -0.3 is 5.32 Å². The quantitative estimate of drug-likeness (QED) is 0.851. The van der Waals surface area contributed by atoms with E-state index in [9.17, 15) is 0 Å². The van der Waals surface area contributed by atoms with Crippen LogP contribution in [0.4, 0.5) is 0 Å². The van der Waals surface area contributed by atoms with Crippen LogP contribution in [-0.2, 0) is 6.42 Å². The predicted molar refractivity (Wildman–Crippen MR) is 81.5 cm³/mol. The highest BCUT2D eigenvalue weighted by Gasteiger charge is 2.48. The Morgan fingerprint density at radius 2 is 1.55 bits per heavy atom. The van der Waals surface area contributed by atoms with Crippen LogP contribution in [-0.4, -0.2) is 6.04 Å². The molecule has 106 valence electrons. The van der Waals surface area contributed by atoms with Crippen molar-refractivity contribution in [1.82, 2.24) is 5.32 Å². The Morgan fingerprint density at radius 3 is 2.30 bits per heavy atom. The van der Waals surface area contributed by atoms with Crippen molar-refractivity contribution < 1.29 is 0 Å². The molecule has 4 bridgehead atoms. The van der Waals surface area contributed by atoms with E-state index in [1.165, 1.54) is 38.5 Å². The molecule has 0 spiro atoms. The highest BCUT2D eigenvalue weighted by atomic mass is 15.0. The maximum absolute atomic E-state index is 4.12. The van der Waals surface area contributed by atoms with Crippen LogP contribution in [0.15, 0.2) is 24.3 Å². The third-order valence-corrected chi connectivity index (χ3v) is 6.75. The topological polar surface area (TPSA) is 12.0 Å². The standard InChI is InChI=1S/C19H25N/c1-2-4-17-14(3-1)5-6-18(17)20-19-15-8-12-7-13(10-15)11-16(19)9-12/h1-4,12-13,15-16,18-20H,5-11H2. The second kappa shape index (κ2) is 4.34. The highest BCUT2D eigenvalue weighted by Crippen LogP contribution is 2.54. The first-order chi connectivity index (χ1) is 9.87. The van der Waals surface area contributed by atoms with Gasteiger partial charge in [-0.1, -0.05) is 24.3 Å². The Kier molecular flexibility index (Phi) is 2.56. The first kappa shape index (κ1) is 11.8. The average molecular weight is 267 g/mol. The van der Waals surface area contributed by atoms with E-state index in [1.807, 2.05) is 0 Å². The molecule has 5 aliphatic carbocycles. The molecule has 1 unspecified atom stereocenters. The summed E-state index contributed by atoms with van der Waals surface area (Å²) in [4.78, 5) is 0. The summed E-state index contributed by atoms with van der Waals surface area (Å²) in [6.45, 7) is 0. The third-order valence-electron chi connectivity index (χ3n) is 6.75. The summed E-state index contributed by atoms with van der Waals surface area (Å²) in [5, 5.41) is 4.12. The lowest BCUT2D eigenvalue weighted by Gasteiger charge is -2.55. The van der Waals surface area contributed by atoms with E-state index in [1.54, 1.807) is 17.5 Å². The molecular weight excluding hydrogens is 242 g/mol. The van der Waals surface area contributed by atoms with Crippen LogP contribution >= 0.6 is 0 Å². The van der Waals surface area contributed by atoms with Crippen LogP contribution in [0.5, 0.6) is 0 Å². The lowest BCUT2D eigenvalue weighted by atomic mass is 9.54. The Morgan fingerprint density at radius 1 is 0.850 bits per heavy atom. The van der Waals surface area contributed by atoms with E-state index >= 15 is 0 Å². The summed E-state index contributed by atoms with van der Waals surface area (Å²) in [5.41, 5.74) is 3.19. The third kappa shape index (κ3) is 1.72. The van der Waals surface area contributed by atoms with Gasteiger partial charge in [0.1, 0.15) is 0 Å². The molecule has 1 aromatic carbocycles. The van der Waals surface area contributed by atoms with Gasteiger partial charge in [0, 0.05) is 12.1 Å². The molecule has 4 fully saturated rings. The molecule has 1 atom stereocenters. The van der Waals surface area contributed by atoms with Gasteiger partial charge >= 0.3 is 0 Å². The van der Waals surface area contributed by atoms with E-state index in [2.05, 4.69) is 29.6 Å². The van der Waals surface area contributed by atoms with Gasteiger partial charge in [0.25, 0.3) is 0 Å². The zero-order valence-electron chi connectivity index (χ0n) is 12.2. The Hall–Kier alpha value is -0.820. The number of hydrogen-bond acceptors (Lipinski definition) is 1. The fraction of sp³-hybridized carbons (Fsp3) is 0.684. The molecule has 5 aliphatic rings. The van der Waals surface area contributed by atoms with Gasteiger partial charge in [0.15, 0.2) is 0 Å². The largest absolute Gasteiger partial charge is 0.307 e. The monoisotopic (exact) mass is 267 g/mol. The summed E-state index contributed by atoms with van der Waals surface area (Å²) >= 11 is 0. The molecule has 1 aromatic rings. The van der Waals surface area contributed by atoms with Gasteiger partial charge in [-0.05, 0) is 79.7 Å². The highest BCUT2D eigenvalue weighted by molar-refractivity contribution is 5.34. The van der Waals surface area contributed by atoms with E-state index in [-0.39, 0.29) is 0 Å². The lowest BCUT2D eigenvalue weighted by Crippen LogP contribution is -2.55. The molecule has 0 radical (unpaired) electrons. The maximum Gasteiger partial charge on any atom is 0.0328 e. The summed E-state index contributed by atoms with van der Waals surface area (Å²) in [7, 11) is 0. The zero-order chi connectivity index (χ0) is 13.1. The van der Waals surface area contributed by atoms with E-state index in [0.29, 0.717) is 6.04 Å². The van der Waals surface area contributed by atoms with Gasteiger partial charge in [-0.15, -0.1) is 0 Å². The molecule has 0 heterocycles. The van der Waals surface area contributed by atoms with E-state index < -0.39 is 0 Å². The fourth-order valence-corrected chi connectivity index (χ4v) is 6.16. The van der Waals surface area contributed by atoms with Crippen molar-refractivity contribution >= 4 is 0 Å². The minimum atomic E-state index is 0.647. The van der Waals surface area contributed by atoms with Crippen molar-refractivity contribution in [2.45, 2.75) is 57.0 Å². The zero-order valence-corrected chi connectivity index (χ0v) is 12.2. The molecule has 0 aromatic heterocycles. The van der Waals surface area contributed by atoms with Crippen molar-refractivity contribution in [1.29, 1.82) is 0 Å². The summed E-state index contributed by atoms with van der Waals surface area (Å²) in [6.07, 6.45) is 10.3. The molecule has 0 amide bonds. The number of benzene rings is 1. The first-order valence-corrected chi connectivity index (χ1v) is 8.70. The second-order valence-electron chi connectivity index (χ2n) is 7.91. The number of aryl methyl sites for hydroxylation is 1. The number of hydrogen-bond donors (Lipinski definition) is 1. The van der Waals surface area contributed by atoms with E-state index in [0.717, 1.165) is 29.7 Å². The molecule has 6 rings (SSSR count). The Balaban J connectivity index is 1.38. The SMILES string of the molecule is c1ccc2c(c1)CCC2NC1C2CC3CC(C2)CC1C3. The minimum absolute atomic E-state index is 0.647. The Labute approximate surface area is 122 Å². The normalized spacial score (nSPS) is 44.8. The van der Waals surface area contributed by atoms with Gasteiger partial charge in [0.05, 0.1) is 0 Å². The molecular formula is C19H25N. The van der Waals surface area contributed by atoms with Crippen molar-refractivity contribution in [3.8, 4) is 0 Å². The van der Waals surface area contributed by atoms with Crippen LogP contribution in [0.3, 0.4) is 0 Å². The summed E-state index contributed by atoms with van der Waals surface area (Å²) < 4.78 is 0. The number of rotatable bonds is 2. The molecule has 1 N–H and O–H groups in total. The predicted octanol–water partition coefficient (Wildman–Crippen LogP) is 4.09.